The molecule has 0 aliphatic rings. The minimum absolute atomic E-state index is 0.0415. The molecule has 0 amide bonds. The molecule has 0 saturated carbocycles. The summed E-state index contributed by atoms with van der Waals surface area (Å²) in [5.74, 6) is 0. The van der Waals surface area contributed by atoms with Crippen molar-refractivity contribution in [3.63, 3.8) is 0 Å². The first kappa shape index (κ1) is 23.3. The number of nitrogens with zero attached hydrogens (tertiary/aromatic N) is 5. The van der Waals surface area contributed by atoms with E-state index >= 15 is 0 Å². The first-order valence-electron chi connectivity index (χ1n) is 11.4. The van der Waals surface area contributed by atoms with Crippen molar-refractivity contribution in [2.24, 2.45) is 0 Å². The molecular weight excluding hydrogens is 472 g/mol. The van der Waals surface area contributed by atoms with Gasteiger partial charge in [-0.1, -0.05) is 48.0 Å². The fraction of sp³-hybridized carbons (Fsp3) is 0.148. The van der Waals surface area contributed by atoms with Gasteiger partial charge in [0.1, 0.15) is 11.8 Å². The van der Waals surface area contributed by atoms with E-state index in [4.69, 9.17) is 11.6 Å². The van der Waals surface area contributed by atoms with Gasteiger partial charge >= 0.3 is 0 Å². The number of nitriles is 1. The van der Waals surface area contributed by atoms with Crippen LogP contribution in [0.15, 0.2) is 73.2 Å². The average molecular weight is 495 g/mol. The van der Waals surface area contributed by atoms with Crippen molar-refractivity contribution < 1.29 is 0 Å². The van der Waals surface area contributed by atoms with Gasteiger partial charge in [0.2, 0.25) is 0 Å². The molecular formula is C27H23ClN8. The van der Waals surface area contributed by atoms with E-state index in [1.165, 1.54) is 0 Å². The number of halogens is 1. The van der Waals surface area contributed by atoms with E-state index in [1.807, 2.05) is 61.5 Å². The third-order valence-electron chi connectivity index (χ3n) is 6.10. The number of aromatic amines is 1. The summed E-state index contributed by atoms with van der Waals surface area (Å²) in [6, 6.07) is 19.6. The molecule has 9 heteroatoms. The van der Waals surface area contributed by atoms with Gasteiger partial charge in [-0.05, 0) is 37.6 Å². The van der Waals surface area contributed by atoms with E-state index in [9.17, 15) is 5.26 Å². The fourth-order valence-corrected chi connectivity index (χ4v) is 4.52. The van der Waals surface area contributed by atoms with Crippen molar-refractivity contribution in [1.82, 2.24) is 25.4 Å². The summed E-state index contributed by atoms with van der Waals surface area (Å²) in [5.41, 5.74) is 6.12. The Hall–Kier alpha value is -4.48. The average Bonchev–Trinajstić information content (AvgIpc) is 3.43. The van der Waals surface area contributed by atoms with Crippen molar-refractivity contribution in [3.8, 4) is 6.07 Å². The number of hydrogen-bond acceptors (Lipinski definition) is 7. The zero-order chi connectivity index (χ0) is 25.1. The number of hydrogen-bond donors (Lipinski definition) is 3. The number of fused-ring (bicyclic) bond motifs is 1. The summed E-state index contributed by atoms with van der Waals surface area (Å²) in [6.45, 7) is 4.01. The molecule has 0 fully saturated rings. The highest BCUT2D eigenvalue weighted by atomic mass is 35.5. The number of rotatable bonds is 7. The second-order valence-corrected chi connectivity index (χ2v) is 8.85. The maximum atomic E-state index is 9.85. The lowest BCUT2D eigenvalue weighted by Crippen LogP contribution is -2.15. The summed E-state index contributed by atoms with van der Waals surface area (Å²) >= 11 is 6.71. The van der Waals surface area contributed by atoms with Crippen molar-refractivity contribution in [3.05, 3.63) is 106 Å². The second-order valence-electron chi connectivity index (χ2n) is 8.44. The van der Waals surface area contributed by atoms with Gasteiger partial charge < -0.3 is 10.6 Å². The van der Waals surface area contributed by atoms with Gasteiger partial charge in [0, 0.05) is 40.8 Å². The number of aromatic nitrogens is 5. The summed E-state index contributed by atoms with van der Waals surface area (Å²) in [6.07, 6.45) is 4.99. The first-order chi connectivity index (χ1) is 17.5. The third kappa shape index (κ3) is 4.57. The van der Waals surface area contributed by atoms with Crippen LogP contribution in [0.2, 0.25) is 5.02 Å². The van der Waals surface area contributed by atoms with Crippen molar-refractivity contribution in [2.75, 3.05) is 10.6 Å². The fourth-order valence-electron chi connectivity index (χ4n) is 4.25. The number of aryl methyl sites for hydroxylation is 1. The summed E-state index contributed by atoms with van der Waals surface area (Å²) in [7, 11) is 0. The van der Waals surface area contributed by atoms with Gasteiger partial charge in [-0.25, -0.2) is 0 Å². The molecule has 5 rings (SSSR count). The lowest BCUT2D eigenvalue weighted by atomic mass is 10.0. The normalized spacial score (nSPS) is 12.6. The van der Waals surface area contributed by atoms with Crippen LogP contribution in [0.3, 0.4) is 0 Å². The van der Waals surface area contributed by atoms with Crippen molar-refractivity contribution in [1.29, 1.82) is 5.26 Å². The third-order valence-corrected chi connectivity index (χ3v) is 6.39. The Morgan fingerprint density at radius 2 is 1.86 bits per heavy atom. The van der Waals surface area contributed by atoms with E-state index in [1.54, 1.807) is 18.6 Å². The Morgan fingerprint density at radius 1 is 1.03 bits per heavy atom. The lowest BCUT2D eigenvalue weighted by Gasteiger charge is -2.22. The van der Waals surface area contributed by atoms with Crippen LogP contribution in [0.1, 0.15) is 47.1 Å². The Kier molecular flexibility index (Phi) is 6.48. The van der Waals surface area contributed by atoms with Gasteiger partial charge in [-0.2, -0.15) is 20.7 Å². The Bertz CT molecular complexity index is 1540. The zero-order valence-electron chi connectivity index (χ0n) is 19.7. The molecule has 8 nitrogen and oxygen atoms in total. The van der Waals surface area contributed by atoms with Crippen molar-refractivity contribution >= 4 is 33.9 Å². The van der Waals surface area contributed by atoms with Crippen molar-refractivity contribution in [2.45, 2.75) is 25.9 Å². The molecule has 2 atom stereocenters. The summed E-state index contributed by atoms with van der Waals surface area (Å²) < 4.78 is 0. The second kappa shape index (κ2) is 10.0. The maximum Gasteiger partial charge on any atom is 0.109 e. The molecule has 2 unspecified atom stereocenters. The maximum absolute atomic E-state index is 9.85. The molecule has 0 radical (unpaired) electrons. The topological polar surface area (TPSA) is 115 Å². The lowest BCUT2D eigenvalue weighted by molar-refractivity contribution is 0.838. The van der Waals surface area contributed by atoms with Crippen LogP contribution in [-0.2, 0) is 0 Å². The monoisotopic (exact) mass is 494 g/mol. The highest BCUT2D eigenvalue weighted by Crippen LogP contribution is 2.37. The standard InChI is InChI=1S/C27H23ClN8/c1-16(18-7-4-3-5-8-18)33-25-19(13-29)14-31-26-22(25)11-20(12-23(26)28)34-27(24-15-32-36-35-24)21-9-6-10-30-17(21)2/h3-12,14-16,27,34H,1-2H3,(H,31,33)(H,32,35,36). The van der Waals surface area contributed by atoms with Crippen LogP contribution >= 0.6 is 11.6 Å². The van der Waals surface area contributed by atoms with Crippen LogP contribution in [0.4, 0.5) is 11.4 Å². The predicted octanol–water partition coefficient (Wildman–Crippen LogP) is 5.96. The summed E-state index contributed by atoms with van der Waals surface area (Å²) in [5, 5.41) is 29.1. The predicted molar refractivity (Wildman–Crippen MR) is 141 cm³/mol. The van der Waals surface area contributed by atoms with Gasteiger partial charge in [0.05, 0.1) is 34.0 Å². The molecule has 0 saturated heterocycles. The number of H-pyrrole nitrogens is 1. The summed E-state index contributed by atoms with van der Waals surface area (Å²) in [4.78, 5) is 8.91. The number of anilines is 2. The van der Waals surface area contributed by atoms with E-state index < -0.39 is 0 Å². The smallest absolute Gasteiger partial charge is 0.109 e. The van der Waals surface area contributed by atoms with Crippen LogP contribution in [0, 0.1) is 18.3 Å². The number of nitrogens with one attached hydrogen (secondary N) is 3. The molecule has 3 N–H and O–H groups in total. The molecule has 36 heavy (non-hydrogen) atoms. The van der Waals surface area contributed by atoms with Gasteiger partial charge in [0.15, 0.2) is 0 Å². The minimum atomic E-state index is -0.322. The molecule has 2 aromatic carbocycles. The highest BCUT2D eigenvalue weighted by Gasteiger charge is 2.21. The van der Waals surface area contributed by atoms with E-state index in [-0.39, 0.29) is 12.1 Å². The number of pyridine rings is 2. The van der Waals surface area contributed by atoms with Crippen LogP contribution in [-0.4, -0.2) is 25.4 Å². The zero-order valence-corrected chi connectivity index (χ0v) is 20.5. The van der Waals surface area contributed by atoms with Gasteiger partial charge in [0.25, 0.3) is 0 Å². The molecule has 178 valence electrons. The van der Waals surface area contributed by atoms with Gasteiger partial charge in [-0.3, -0.25) is 9.97 Å². The molecule has 0 aliphatic carbocycles. The van der Waals surface area contributed by atoms with Crippen LogP contribution in [0.25, 0.3) is 10.9 Å². The van der Waals surface area contributed by atoms with Gasteiger partial charge in [-0.15, -0.1) is 0 Å². The Morgan fingerprint density at radius 3 is 2.58 bits per heavy atom. The highest BCUT2D eigenvalue weighted by molar-refractivity contribution is 6.35. The first-order valence-corrected chi connectivity index (χ1v) is 11.8. The van der Waals surface area contributed by atoms with E-state index in [0.29, 0.717) is 27.5 Å². The Labute approximate surface area is 213 Å². The van der Waals surface area contributed by atoms with Crippen LogP contribution in [0.5, 0.6) is 0 Å². The minimum Gasteiger partial charge on any atom is -0.377 e. The number of benzene rings is 2. The quantitative estimate of drug-likeness (QED) is 0.256. The molecule has 5 aromatic rings. The van der Waals surface area contributed by atoms with E-state index in [2.05, 4.69) is 49.0 Å². The SMILES string of the molecule is Cc1ncccc1C(Nc1cc(Cl)c2ncc(C#N)c(NC(C)c3ccccc3)c2c1)c1cn[nH]n1. The molecule has 0 bridgehead atoms. The molecule has 0 spiro atoms. The van der Waals surface area contributed by atoms with Crippen LogP contribution < -0.4 is 10.6 Å². The van der Waals surface area contributed by atoms with E-state index in [0.717, 1.165) is 27.9 Å². The molecule has 3 heterocycles. The Balaban J connectivity index is 1.60. The molecule has 0 aliphatic heterocycles. The largest absolute Gasteiger partial charge is 0.377 e. The molecule has 3 aromatic heterocycles.